The Hall–Kier alpha value is -3.93. The number of carbonyl (C=O) groups excluding carboxylic acids is 2. The van der Waals surface area contributed by atoms with Crippen molar-refractivity contribution in [2.24, 2.45) is 0 Å². The van der Waals surface area contributed by atoms with E-state index >= 15 is 0 Å². The number of methoxy groups -OCH3 is 2. The number of carbonyl (C=O) groups is 2. The predicted molar refractivity (Wildman–Crippen MR) is 133 cm³/mol. The first-order valence-electron chi connectivity index (χ1n) is 11.9. The summed E-state index contributed by atoms with van der Waals surface area (Å²) < 4.78 is 52.4. The molecule has 2 aromatic carbocycles. The van der Waals surface area contributed by atoms with Gasteiger partial charge in [-0.05, 0) is 49.7 Å². The zero-order chi connectivity index (χ0) is 27.4. The predicted octanol–water partition coefficient (Wildman–Crippen LogP) is 4.52. The summed E-state index contributed by atoms with van der Waals surface area (Å²) in [6.45, 7) is 4.75. The molecular formula is C26H27F3N4O5. The molecule has 1 saturated heterocycles. The van der Waals surface area contributed by atoms with Crippen molar-refractivity contribution in [3.63, 3.8) is 0 Å². The van der Waals surface area contributed by atoms with Crippen LogP contribution in [0, 0.1) is 0 Å². The Morgan fingerprint density at radius 3 is 2.34 bits per heavy atom. The number of alkyl halides is 3. The van der Waals surface area contributed by atoms with Gasteiger partial charge in [-0.25, -0.2) is 9.69 Å². The molecule has 2 N–H and O–H groups in total. The number of halogens is 3. The lowest BCUT2D eigenvalue weighted by Gasteiger charge is -2.33. The lowest BCUT2D eigenvalue weighted by molar-refractivity contribution is -0.274. The highest BCUT2D eigenvalue weighted by Gasteiger charge is 2.52. The van der Waals surface area contributed by atoms with E-state index < -0.39 is 29.6 Å². The molecule has 0 saturated carbocycles. The minimum atomic E-state index is -4.84. The SMILES string of the molecule is COc1cc2[nH]c3c(c2cc1OC)C(CN1C(=O)N(c2ccc(OC(F)(F)F)cc2)C(=O)C1(C)C)CNC3. The smallest absolute Gasteiger partial charge is 0.493 e. The van der Waals surface area contributed by atoms with E-state index in [0.717, 1.165) is 39.2 Å². The summed E-state index contributed by atoms with van der Waals surface area (Å²) in [5.74, 6) is 0.108. The molecule has 5 rings (SSSR count). The molecule has 3 amide bonds. The first kappa shape index (κ1) is 25.7. The number of fused-ring (bicyclic) bond motifs is 3. The van der Waals surface area contributed by atoms with E-state index in [9.17, 15) is 22.8 Å². The van der Waals surface area contributed by atoms with Crippen LogP contribution < -0.4 is 24.4 Å². The minimum Gasteiger partial charge on any atom is -0.493 e. The quantitative estimate of drug-likeness (QED) is 0.454. The molecule has 2 aliphatic rings. The Morgan fingerprint density at radius 2 is 1.71 bits per heavy atom. The van der Waals surface area contributed by atoms with Gasteiger partial charge in [-0.2, -0.15) is 0 Å². The van der Waals surface area contributed by atoms with Crippen LogP contribution in [0.15, 0.2) is 36.4 Å². The number of hydrogen-bond donors (Lipinski definition) is 2. The largest absolute Gasteiger partial charge is 0.573 e. The molecule has 0 aliphatic carbocycles. The highest BCUT2D eigenvalue weighted by molar-refractivity contribution is 6.23. The molecule has 2 aliphatic heterocycles. The van der Waals surface area contributed by atoms with Gasteiger partial charge in [0.1, 0.15) is 11.3 Å². The van der Waals surface area contributed by atoms with E-state index in [1.807, 2.05) is 12.1 Å². The number of rotatable bonds is 6. The summed E-state index contributed by atoms with van der Waals surface area (Å²) in [6.07, 6.45) is -4.84. The van der Waals surface area contributed by atoms with E-state index in [1.54, 1.807) is 28.1 Å². The van der Waals surface area contributed by atoms with Gasteiger partial charge >= 0.3 is 12.4 Å². The third-order valence-corrected chi connectivity index (χ3v) is 7.08. The summed E-state index contributed by atoms with van der Waals surface area (Å²) >= 11 is 0. The van der Waals surface area contributed by atoms with Crippen LogP contribution in [0.5, 0.6) is 17.2 Å². The second kappa shape index (κ2) is 9.12. The fourth-order valence-electron chi connectivity index (χ4n) is 5.22. The van der Waals surface area contributed by atoms with Crippen molar-refractivity contribution < 1.29 is 37.0 Å². The van der Waals surface area contributed by atoms with E-state index in [2.05, 4.69) is 15.0 Å². The van der Waals surface area contributed by atoms with Crippen LogP contribution in [0.1, 0.15) is 31.0 Å². The minimum absolute atomic E-state index is 0.149. The maximum atomic E-state index is 13.6. The summed E-state index contributed by atoms with van der Waals surface area (Å²) in [5, 5.41) is 4.31. The molecule has 0 bridgehead atoms. The first-order chi connectivity index (χ1) is 17.9. The Balaban J connectivity index is 1.46. The number of aromatic amines is 1. The standard InChI is InChI=1S/C26H27F3N4O5/c1-25(2)23(34)33(15-5-7-16(8-6-15)38-26(27,28)29)24(35)32(25)13-14-11-30-12-19-22(14)17-9-20(36-3)21(37-4)10-18(17)31-19/h5-10,14,30-31H,11-13H2,1-4H3. The number of amides is 3. The number of nitrogens with zero attached hydrogens (tertiary/aromatic N) is 2. The van der Waals surface area contributed by atoms with Crippen molar-refractivity contribution >= 4 is 28.5 Å². The lowest BCUT2D eigenvalue weighted by atomic mass is 9.91. The summed E-state index contributed by atoms with van der Waals surface area (Å²) in [6, 6.07) is 7.89. The fraction of sp³-hybridized carbons (Fsp3) is 0.385. The Morgan fingerprint density at radius 1 is 1.05 bits per heavy atom. The Bertz CT molecular complexity index is 1400. The number of hydrogen-bond acceptors (Lipinski definition) is 6. The zero-order valence-corrected chi connectivity index (χ0v) is 21.2. The molecule has 1 aromatic heterocycles. The van der Waals surface area contributed by atoms with Crippen LogP contribution in [-0.4, -0.2) is 61.0 Å². The van der Waals surface area contributed by atoms with Gasteiger partial charge < -0.3 is 29.4 Å². The summed E-state index contributed by atoms with van der Waals surface area (Å²) in [7, 11) is 3.13. The molecule has 1 atom stereocenters. The van der Waals surface area contributed by atoms with Gasteiger partial charge in [0.25, 0.3) is 5.91 Å². The van der Waals surface area contributed by atoms with Gasteiger partial charge in [-0.3, -0.25) is 4.79 Å². The number of urea groups is 1. The number of nitrogens with one attached hydrogen (secondary N) is 2. The van der Waals surface area contributed by atoms with E-state index in [1.165, 1.54) is 17.0 Å². The van der Waals surface area contributed by atoms with Crippen molar-refractivity contribution in [2.45, 2.75) is 38.2 Å². The van der Waals surface area contributed by atoms with Gasteiger partial charge in [-0.1, -0.05) is 0 Å². The van der Waals surface area contributed by atoms with Gasteiger partial charge in [-0.15, -0.1) is 13.2 Å². The average Bonchev–Trinajstić information content (AvgIpc) is 3.31. The second-order valence-electron chi connectivity index (χ2n) is 9.73. The molecule has 3 heterocycles. The number of benzene rings is 2. The third kappa shape index (κ3) is 4.28. The highest BCUT2D eigenvalue weighted by Crippen LogP contribution is 2.41. The van der Waals surface area contributed by atoms with E-state index in [4.69, 9.17) is 9.47 Å². The number of imide groups is 1. The van der Waals surface area contributed by atoms with Crippen LogP contribution in [0.4, 0.5) is 23.7 Å². The molecule has 0 spiro atoms. The van der Waals surface area contributed by atoms with Gasteiger partial charge in [0, 0.05) is 48.2 Å². The molecule has 1 unspecified atom stereocenters. The van der Waals surface area contributed by atoms with E-state index in [0.29, 0.717) is 24.6 Å². The molecular weight excluding hydrogens is 505 g/mol. The van der Waals surface area contributed by atoms with Crippen molar-refractivity contribution in [1.29, 1.82) is 0 Å². The van der Waals surface area contributed by atoms with E-state index in [-0.39, 0.29) is 18.2 Å². The van der Waals surface area contributed by atoms with Crippen molar-refractivity contribution in [2.75, 3.05) is 32.2 Å². The number of ether oxygens (including phenoxy) is 3. The number of H-pyrrole nitrogens is 1. The Labute approximate surface area is 216 Å². The summed E-state index contributed by atoms with van der Waals surface area (Å²) in [5.41, 5.74) is 1.86. The highest BCUT2D eigenvalue weighted by atomic mass is 19.4. The monoisotopic (exact) mass is 532 g/mol. The molecule has 1 fully saturated rings. The average molecular weight is 533 g/mol. The fourth-order valence-corrected chi connectivity index (χ4v) is 5.22. The van der Waals surface area contributed by atoms with Crippen LogP contribution >= 0.6 is 0 Å². The molecule has 0 radical (unpaired) electrons. The van der Waals surface area contributed by atoms with Gasteiger partial charge in [0.05, 0.1) is 19.9 Å². The van der Waals surface area contributed by atoms with Gasteiger partial charge in [0.15, 0.2) is 11.5 Å². The molecule has 9 nitrogen and oxygen atoms in total. The summed E-state index contributed by atoms with van der Waals surface area (Å²) in [4.78, 5) is 32.9. The first-order valence-corrected chi connectivity index (χ1v) is 11.9. The van der Waals surface area contributed by atoms with Gasteiger partial charge in [0.2, 0.25) is 0 Å². The van der Waals surface area contributed by atoms with Crippen LogP contribution in [0.2, 0.25) is 0 Å². The van der Waals surface area contributed by atoms with Crippen molar-refractivity contribution in [1.82, 2.24) is 15.2 Å². The normalized spacial score (nSPS) is 19.2. The molecule has 38 heavy (non-hydrogen) atoms. The van der Waals surface area contributed by atoms with Crippen LogP contribution in [-0.2, 0) is 11.3 Å². The second-order valence-corrected chi connectivity index (χ2v) is 9.73. The van der Waals surface area contributed by atoms with Crippen LogP contribution in [0.3, 0.4) is 0 Å². The maximum Gasteiger partial charge on any atom is 0.573 e. The topological polar surface area (TPSA) is 96.1 Å². The van der Waals surface area contributed by atoms with Crippen LogP contribution in [0.25, 0.3) is 10.9 Å². The zero-order valence-electron chi connectivity index (χ0n) is 21.2. The number of aromatic nitrogens is 1. The van der Waals surface area contributed by atoms with Crippen molar-refractivity contribution in [3.8, 4) is 17.2 Å². The third-order valence-electron chi connectivity index (χ3n) is 7.08. The maximum absolute atomic E-state index is 13.6. The molecule has 3 aromatic rings. The molecule has 202 valence electrons. The Kier molecular flexibility index (Phi) is 6.17. The van der Waals surface area contributed by atoms with Crippen molar-refractivity contribution in [3.05, 3.63) is 47.7 Å². The molecule has 12 heteroatoms. The number of anilines is 1. The lowest BCUT2D eigenvalue weighted by Crippen LogP contribution is -2.47.